The highest BCUT2D eigenvalue weighted by Gasteiger charge is 2.17. The molecule has 0 atom stereocenters. The normalized spacial score (nSPS) is 16.8. The minimum Gasteiger partial charge on any atom is -0.492 e. The second-order valence-corrected chi connectivity index (χ2v) is 5.47. The Bertz CT molecular complexity index is 358. The Labute approximate surface area is 116 Å². The lowest BCUT2D eigenvalue weighted by atomic mass is 9.94. The standard InChI is InChI=1S/C16H26N2O/c1-18(15-5-3-2-4-6-15)11-12-19-16-9-7-14(13-17)8-10-16/h7-10,15H,2-6,11-13,17H2,1H3. The van der Waals surface area contributed by atoms with E-state index in [0.717, 1.165) is 30.5 Å². The molecule has 0 amide bonds. The van der Waals surface area contributed by atoms with Crippen molar-refractivity contribution in [2.24, 2.45) is 5.73 Å². The van der Waals surface area contributed by atoms with E-state index in [1.807, 2.05) is 24.3 Å². The van der Waals surface area contributed by atoms with Crippen molar-refractivity contribution in [1.82, 2.24) is 4.90 Å². The van der Waals surface area contributed by atoms with Crippen molar-refractivity contribution in [3.63, 3.8) is 0 Å². The van der Waals surface area contributed by atoms with Crippen LogP contribution in [0.2, 0.25) is 0 Å². The van der Waals surface area contributed by atoms with Crippen LogP contribution in [0, 0.1) is 0 Å². The van der Waals surface area contributed by atoms with Crippen molar-refractivity contribution < 1.29 is 4.74 Å². The summed E-state index contributed by atoms with van der Waals surface area (Å²) in [6.45, 7) is 2.35. The summed E-state index contributed by atoms with van der Waals surface area (Å²) in [7, 11) is 2.22. The van der Waals surface area contributed by atoms with Gasteiger partial charge in [0.2, 0.25) is 0 Å². The first kappa shape index (κ1) is 14.4. The second-order valence-electron chi connectivity index (χ2n) is 5.47. The highest BCUT2D eigenvalue weighted by molar-refractivity contribution is 5.27. The molecule has 0 aromatic heterocycles. The molecule has 2 rings (SSSR count). The maximum Gasteiger partial charge on any atom is 0.119 e. The van der Waals surface area contributed by atoms with E-state index in [1.165, 1.54) is 32.1 Å². The van der Waals surface area contributed by atoms with Crippen LogP contribution in [0.15, 0.2) is 24.3 Å². The smallest absolute Gasteiger partial charge is 0.119 e. The Morgan fingerprint density at radius 2 is 1.84 bits per heavy atom. The summed E-state index contributed by atoms with van der Waals surface area (Å²) in [5.74, 6) is 0.939. The molecule has 1 aromatic rings. The lowest BCUT2D eigenvalue weighted by Crippen LogP contribution is -2.36. The first-order chi connectivity index (χ1) is 9.29. The third kappa shape index (κ3) is 4.51. The van der Waals surface area contributed by atoms with Crippen molar-refractivity contribution >= 4 is 0 Å². The molecule has 0 saturated heterocycles. The molecule has 3 heteroatoms. The quantitative estimate of drug-likeness (QED) is 0.856. The van der Waals surface area contributed by atoms with E-state index in [9.17, 15) is 0 Å². The zero-order chi connectivity index (χ0) is 13.5. The van der Waals surface area contributed by atoms with Gasteiger partial charge in [0, 0.05) is 19.1 Å². The number of rotatable bonds is 6. The molecule has 19 heavy (non-hydrogen) atoms. The van der Waals surface area contributed by atoms with Gasteiger partial charge < -0.3 is 15.4 Å². The van der Waals surface area contributed by atoms with Crippen LogP contribution in [0.1, 0.15) is 37.7 Å². The van der Waals surface area contributed by atoms with Crippen molar-refractivity contribution in [2.45, 2.75) is 44.7 Å². The van der Waals surface area contributed by atoms with Crippen LogP contribution < -0.4 is 10.5 Å². The molecule has 0 spiro atoms. The van der Waals surface area contributed by atoms with E-state index in [-0.39, 0.29) is 0 Å². The lowest BCUT2D eigenvalue weighted by molar-refractivity contribution is 0.160. The van der Waals surface area contributed by atoms with E-state index in [1.54, 1.807) is 0 Å². The fraction of sp³-hybridized carbons (Fsp3) is 0.625. The van der Waals surface area contributed by atoms with Gasteiger partial charge in [-0.1, -0.05) is 31.4 Å². The van der Waals surface area contributed by atoms with Gasteiger partial charge in [0.1, 0.15) is 12.4 Å². The fourth-order valence-corrected chi connectivity index (χ4v) is 2.73. The molecule has 0 unspecified atom stereocenters. The maximum absolute atomic E-state index is 5.78. The first-order valence-corrected chi connectivity index (χ1v) is 7.41. The number of nitrogens with zero attached hydrogens (tertiary/aromatic N) is 1. The molecule has 1 aromatic carbocycles. The molecular formula is C16H26N2O. The van der Waals surface area contributed by atoms with Crippen LogP contribution in [0.3, 0.4) is 0 Å². The number of benzene rings is 1. The average Bonchev–Trinajstić information content (AvgIpc) is 2.49. The van der Waals surface area contributed by atoms with Gasteiger partial charge in [0.25, 0.3) is 0 Å². The summed E-state index contributed by atoms with van der Waals surface area (Å²) >= 11 is 0. The van der Waals surface area contributed by atoms with Crippen LogP contribution in [-0.4, -0.2) is 31.1 Å². The van der Waals surface area contributed by atoms with Gasteiger partial charge >= 0.3 is 0 Å². The summed E-state index contributed by atoms with van der Waals surface area (Å²) in [5, 5.41) is 0. The molecule has 1 fully saturated rings. The van der Waals surface area contributed by atoms with Crippen molar-refractivity contribution in [1.29, 1.82) is 0 Å². The van der Waals surface area contributed by atoms with Gasteiger partial charge in [-0.05, 0) is 37.6 Å². The van der Waals surface area contributed by atoms with Crippen molar-refractivity contribution in [3.8, 4) is 5.75 Å². The van der Waals surface area contributed by atoms with Crippen LogP contribution >= 0.6 is 0 Å². The maximum atomic E-state index is 5.78. The van der Waals surface area contributed by atoms with Gasteiger partial charge in [0.15, 0.2) is 0 Å². The van der Waals surface area contributed by atoms with E-state index in [2.05, 4.69) is 11.9 Å². The van der Waals surface area contributed by atoms with Crippen LogP contribution in [0.4, 0.5) is 0 Å². The van der Waals surface area contributed by atoms with E-state index >= 15 is 0 Å². The molecule has 0 aliphatic heterocycles. The molecule has 106 valence electrons. The van der Waals surface area contributed by atoms with Gasteiger partial charge in [-0.25, -0.2) is 0 Å². The molecule has 1 saturated carbocycles. The number of likely N-dealkylation sites (N-methyl/N-ethyl adjacent to an activating group) is 1. The minimum absolute atomic E-state index is 0.588. The van der Waals surface area contributed by atoms with E-state index < -0.39 is 0 Å². The summed E-state index contributed by atoms with van der Waals surface area (Å²) in [4.78, 5) is 2.45. The largest absolute Gasteiger partial charge is 0.492 e. The van der Waals surface area contributed by atoms with E-state index in [4.69, 9.17) is 10.5 Å². The number of nitrogens with two attached hydrogens (primary N) is 1. The monoisotopic (exact) mass is 262 g/mol. The van der Waals surface area contributed by atoms with Gasteiger partial charge in [-0.2, -0.15) is 0 Å². The third-order valence-corrected chi connectivity index (χ3v) is 4.07. The highest BCUT2D eigenvalue weighted by atomic mass is 16.5. The van der Waals surface area contributed by atoms with Gasteiger partial charge in [-0.3, -0.25) is 0 Å². The molecule has 1 aliphatic rings. The molecule has 2 N–H and O–H groups in total. The summed E-state index contributed by atoms with van der Waals surface area (Å²) < 4.78 is 5.78. The van der Waals surface area contributed by atoms with Crippen molar-refractivity contribution in [2.75, 3.05) is 20.2 Å². The van der Waals surface area contributed by atoms with E-state index in [0.29, 0.717) is 6.54 Å². The highest BCUT2D eigenvalue weighted by Crippen LogP contribution is 2.21. The topological polar surface area (TPSA) is 38.5 Å². The zero-order valence-electron chi connectivity index (χ0n) is 12.0. The Balaban J connectivity index is 1.69. The molecule has 0 radical (unpaired) electrons. The molecule has 0 bridgehead atoms. The Morgan fingerprint density at radius 3 is 2.47 bits per heavy atom. The van der Waals surface area contributed by atoms with Gasteiger partial charge in [0.05, 0.1) is 0 Å². The predicted octanol–water partition coefficient (Wildman–Crippen LogP) is 2.79. The number of hydrogen-bond acceptors (Lipinski definition) is 3. The van der Waals surface area contributed by atoms with Crippen molar-refractivity contribution in [3.05, 3.63) is 29.8 Å². The lowest BCUT2D eigenvalue weighted by Gasteiger charge is -2.31. The Kier molecular flexibility index (Phi) is 5.67. The predicted molar refractivity (Wildman–Crippen MR) is 79.3 cm³/mol. The average molecular weight is 262 g/mol. The summed E-state index contributed by atoms with van der Waals surface area (Å²) in [6.07, 6.45) is 6.88. The minimum atomic E-state index is 0.588. The SMILES string of the molecule is CN(CCOc1ccc(CN)cc1)C1CCCCC1. The first-order valence-electron chi connectivity index (χ1n) is 7.41. The fourth-order valence-electron chi connectivity index (χ4n) is 2.73. The third-order valence-electron chi connectivity index (χ3n) is 4.07. The zero-order valence-corrected chi connectivity index (χ0v) is 12.0. The molecule has 3 nitrogen and oxygen atoms in total. The summed E-state index contributed by atoms with van der Waals surface area (Å²) in [6, 6.07) is 8.82. The Hall–Kier alpha value is -1.06. The Morgan fingerprint density at radius 1 is 1.16 bits per heavy atom. The van der Waals surface area contributed by atoms with Crippen LogP contribution in [0.25, 0.3) is 0 Å². The molecule has 0 heterocycles. The molecule has 1 aliphatic carbocycles. The van der Waals surface area contributed by atoms with Crippen LogP contribution in [-0.2, 0) is 6.54 Å². The van der Waals surface area contributed by atoms with Gasteiger partial charge in [-0.15, -0.1) is 0 Å². The number of ether oxygens (including phenoxy) is 1. The summed E-state index contributed by atoms with van der Waals surface area (Å²) in [5.41, 5.74) is 6.72. The molecular weight excluding hydrogens is 236 g/mol. The van der Waals surface area contributed by atoms with Crippen LogP contribution in [0.5, 0.6) is 5.75 Å². The second kappa shape index (κ2) is 7.51. The number of hydrogen-bond donors (Lipinski definition) is 1.